The molecule has 0 fully saturated rings. The fraction of sp³-hybridized carbons (Fsp3) is 1.00. The van der Waals surface area contributed by atoms with Crippen LogP contribution in [0.2, 0.25) is 0 Å². The Morgan fingerprint density at radius 3 is 1.50 bits per heavy atom. The lowest BCUT2D eigenvalue weighted by atomic mass is 9.88. The van der Waals surface area contributed by atoms with Gasteiger partial charge >= 0.3 is 0 Å². The lowest BCUT2D eigenvalue weighted by Crippen LogP contribution is -2.04. The highest BCUT2D eigenvalue weighted by atomic mass is 14.2. The molecule has 0 aromatic heterocycles. The highest BCUT2D eigenvalue weighted by molar-refractivity contribution is 4.62. The molecule has 0 rings (SSSR count). The van der Waals surface area contributed by atoms with Crippen LogP contribution in [-0.2, 0) is 0 Å². The van der Waals surface area contributed by atoms with Gasteiger partial charge in [0.05, 0.1) is 0 Å². The zero-order chi connectivity index (χ0) is 15.4. The Labute approximate surface area is 130 Å². The molecule has 0 aromatic rings. The molecule has 0 bridgehead atoms. The Morgan fingerprint density at radius 1 is 0.550 bits per heavy atom. The topological polar surface area (TPSA) is 0 Å². The second-order valence-electron chi connectivity index (χ2n) is 7.72. The van der Waals surface area contributed by atoms with Gasteiger partial charge in [-0.15, -0.1) is 0 Å². The molecule has 0 aromatic carbocycles. The molecule has 0 spiro atoms. The number of rotatable bonds is 13. The van der Waals surface area contributed by atoms with Crippen molar-refractivity contribution in [1.82, 2.24) is 0 Å². The van der Waals surface area contributed by atoms with Crippen LogP contribution in [0.1, 0.15) is 106 Å². The standard InChI is InChI=1S/C20H42/c1-7-11-19(5)16-20(6)15-10-14-18(4)13-9-12-17(3)8-2/h17-20H,7-16H2,1-6H3. The van der Waals surface area contributed by atoms with E-state index in [1.165, 1.54) is 64.2 Å². The van der Waals surface area contributed by atoms with Crippen molar-refractivity contribution < 1.29 is 0 Å². The lowest BCUT2D eigenvalue weighted by Gasteiger charge is -2.18. The Bertz CT molecular complexity index is 196. The summed E-state index contributed by atoms with van der Waals surface area (Å²) >= 11 is 0. The maximum absolute atomic E-state index is 2.46. The summed E-state index contributed by atoms with van der Waals surface area (Å²) in [5.74, 6) is 3.74. The van der Waals surface area contributed by atoms with Gasteiger partial charge in [-0.3, -0.25) is 0 Å². The first-order valence-electron chi connectivity index (χ1n) is 9.49. The van der Waals surface area contributed by atoms with Crippen molar-refractivity contribution in [3.05, 3.63) is 0 Å². The Kier molecular flexibility index (Phi) is 12.7. The summed E-state index contributed by atoms with van der Waals surface area (Å²) in [5.41, 5.74) is 0. The predicted octanol–water partition coefficient (Wildman–Crippen LogP) is 7.47. The van der Waals surface area contributed by atoms with Crippen LogP contribution < -0.4 is 0 Å². The first kappa shape index (κ1) is 20.0. The Hall–Kier alpha value is 0. The molecule has 0 nitrogen and oxygen atoms in total. The van der Waals surface area contributed by atoms with Crippen molar-refractivity contribution in [2.45, 2.75) is 106 Å². The minimum Gasteiger partial charge on any atom is -0.0654 e. The monoisotopic (exact) mass is 282 g/mol. The van der Waals surface area contributed by atoms with Crippen LogP contribution in [0.4, 0.5) is 0 Å². The van der Waals surface area contributed by atoms with E-state index in [1.54, 1.807) is 0 Å². The molecule has 0 aliphatic heterocycles. The molecule has 0 amide bonds. The van der Waals surface area contributed by atoms with Gasteiger partial charge in [-0.1, -0.05) is 99.3 Å². The Morgan fingerprint density at radius 2 is 1.00 bits per heavy atom. The van der Waals surface area contributed by atoms with E-state index in [-0.39, 0.29) is 0 Å². The largest absolute Gasteiger partial charge is 0.0654 e. The lowest BCUT2D eigenvalue weighted by molar-refractivity contribution is 0.347. The van der Waals surface area contributed by atoms with Crippen LogP contribution in [0.5, 0.6) is 0 Å². The van der Waals surface area contributed by atoms with E-state index in [4.69, 9.17) is 0 Å². The molecule has 0 aliphatic rings. The van der Waals surface area contributed by atoms with E-state index in [9.17, 15) is 0 Å². The zero-order valence-electron chi connectivity index (χ0n) is 15.4. The third-order valence-electron chi connectivity index (χ3n) is 5.07. The van der Waals surface area contributed by atoms with Crippen molar-refractivity contribution in [1.29, 1.82) is 0 Å². The molecule has 0 heteroatoms. The van der Waals surface area contributed by atoms with Crippen LogP contribution in [-0.4, -0.2) is 0 Å². The molecule has 0 aliphatic carbocycles. The van der Waals surface area contributed by atoms with Crippen molar-refractivity contribution >= 4 is 0 Å². The number of hydrogen-bond acceptors (Lipinski definition) is 0. The minimum absolute atomic E-state index is 0.933. The summed E-state index contributed by atoms with van der Waals surface area (Å²) in [6.45, 7) is 14.4. The first-order chi connectivity index (χ1) is 9.49. The third kappa shape index (κ3) is 11.8. The van der Waals surface area contributed by atoms with E-state index in [1.807, 2.05) is 0 Å². The van der Waals surface area contributed by atoms with Gasteiger partial charge in [0.1, 0.15) is 0 Å². The van der Waals surface area contributed by atoms with Crippen LogP contribution in [0.25, 0.3) is 0 Å². The molecule has 0 radical (unpaired) electrons. The highest BCUT2D eigenvalue weighted by Gasteiger charge is 2.09. The van der Waals surface area contributed by atoms with E-state index < -0.39 is 0 Å². The quantitative estimate of drug-likeness (QED) is 0.328. The molecular formula is C20H42. The molecular weight excluding hydrogens is 240 g/mol. The van der Waals surface area contributed by atoms with Crippen molar-refractivity contribution in [3.8, 4) is 0 Å². The van der Waals surface area contributed by atoms with Gasteiger partial charge in [0.15, 0.2) is 0 Å². The Balaban J connectivity index is 3.52. The van der Waals surface area contributed by atoms with E-state index in [0.29, 0.717) is 0 Å². The van der Waals surface area contributed by atoms with E-state index in [2.05, 4.69) is 41.5 Å². The molecule has 4 atom stereocenters. The average Bonchev–Trinajstić information content (AvgIpc) is 2.38. The fourth-order valence-corrected chi connectivity index (χ4v) is 3.39. The maximum Gasteiger partial charge on any atom is -0.0440 e. The van der Waals surface area contributed by atoms with Gasteiger partial charge in [0.2, 0.25) is 0 Å². The van der Waals surface area contributed by atoms with Gasteiger partial charge < -0.3 is 0 Å². The molecule has 0 saturated carbocycles. The first-order valence-corrected chi connectivity index (χ1v) is 9.49. The summed E-state index contributed by atoms with van der Waals surface area (Å²) in [7, 11) is 0. The highest BCUT2D eigenvalue weighted by Crippen LogP contribution is 2.24. The second-order valence-corrected chi connectivity index (χ2v) is 7.72. The molecule has 20 heavy (non-hydrogen) atoms. The van der Waals surface area contributed by atoms with E-state index >= 15 is 0 Å². The third-order valence-corrected chi connectivity index (χ3v) is 5.07. The summed E-state index contributed by atoms with van der Waals surface area (Å²) < 4.78 is 0. The molecule has 122 valence electrons. The van der Waals surface area contributed by atoms with Gasteiger partial charge in [-0.25, -0.2) is 0 Å². The van der Waals surface area contributed by atoms with Crippen molar-refractivity contribution in [3.63, 3.8) is 0 Å². The molecule has 0 N–H and O–H groups in total. The van der Waals surface area contributed by atoms with Gasteiger partial charge in [0, 0.05) is 0 Å². The van der Waals surface area contributed by atoms with Gasteiger partial charge in [-0.2, -0.15) is 0 Å². The van der Waals surface area contributed by atoms with Crippen molar-refractivity contribution in [2.24, 2.45) is 23.7 Å². The normalized spacial score (nSPS) is 17.7. The van der Waals surface area contributed by atoms with Crippen LogP contribution in [0.15, 0.2) is 0 Å². The fourth-order valence-electron chi connectivity index (χ4n) is 3.39. The minimum atomic E-state index is 0.933. The second kappa shape index (κ2) is 12.7. The predicted molar refractivity (Wildman–Crippen MR) is 94.2 cm³/mol. The average molecular weight is 283 g/mol. The molecule has 0 saturated heterocycles. The SMILES string of the molecule is CCCC(C)CC(C)CCCC(C)CCCC(C)CC. The van der Waals surface area contributed by atoms with Crippen LogP contribution in [0.3, 0.4) is 0 Å². The zero-order valence-corrected chi connectivity index (χ0v) is 15.4. The summed E-state index contributed by atoms with van der Waals surface area (Å²) in [5, 5.41) is 0. The number of hydrogen-bond donors (Lipinski definition) is 0. The molecule has 0 heterocycles. The summed E-state index contributed by atoms with van der Waals surface area (Å²) in [6.07, 6.45) is 14.2. The van der Waals surface area contributed by atoms with Gasteiger partial charge in [0.25, 0.3) is 0 Å². The smallest absolute Gasteiger partial charge is 0.0440 e. The van der Waals surface area contributed by atoms with Crippen LogP contribution in [0, 0.1) is 23.7 Å². The van der Waals surface area contributed by atoms with Gasteiger partial charge in [-0.05, 0) is 30.1 Å². The maximum atomic E-state index is 2.46. The summed E-state index contributed by atoms with van der Waals surface area (Å²) in [4.78, 5) is 0. The van der Waals surface area contributed by atoms with Crippen LogP contribution >= 0.6 is 0 Å². The molecule has 4 unspecified atom stereocenters. The van der Waals surface area contributed by atoms with Crippen molar-refractivity contribution in [2.75, 3.05) is 0 Å². The summed E-state index contributed by atoms with van der Waals surface area (Å²) in [6, 6.07) is 0. The van der Waals surface area contributed by atoms with E-state index in [0.717, 1.165) is 23.7 Å².